The largest absolute Gasteiger partial charge is 0.337 e. The van der Waals surface area contributed by atoms with E-state index >= 15 is 0 Å². The highest BCUT2D eigenvalue weighted by atomic mass is 16.2. The van der Waals surface area contributed by atoms with E-state index in [0.29, 0.717) is 19.1 Å². The molecule has 124 valence electrons. The Balaban J connectivity index is 1.92. The highest BCUT2D eigenvalue weighted by Gasteiger charge is 2.26. The van der Waals surface area contributed by atoms with Crippen LogP contribution in [0.2, 0.25) is 0 Å². The van der Waals surface area contributed by atoms with Gasteiger partial charge in [0.2, 0.25) is 5.91 Å². The minimum atomic E-state index is 0.206. The van der Waals surface area contributed by atoms with Gasteiger partial charge < -0.3 is 14.8 Å². The Labute approximate surface area is 132 Å². The van der Waals surface area contributed by atoms with Crippen molar-refractivity contribution in [2.75, 3.05) is 33.2 Å². The van der Waals surface area contributed by atoms with E-state index < -0.39 is 0 Å². The summed E-state index contributed by atoms with van der Waals surface area (Å²) in [5.41, 5.74) is 0. The molecule has 2 rings (SSSR count). The number of carbonyl (C=O) groups excluding carboxylic acids is 1. The molecular weight excluding hydrogens is 280 g/mol. The molecule has 1 unspecified atom stereocenters. The van der Waals surface area contributed by atoms with E-state index in [1.165, 1.54) is 0 Å². The third-order valence-electron chi connectivity index (χ3n) is 4.26. The minimum absolute atomic E-state index is 0.206. The molecule has 1 fully saturated rings. The number of nitrogens with zero attached hydrogens (tertiary/aromatic N) is 5. The van der Waals surface area contributed by atoms with Crippen molar-refractivity contribution in [2.24, 2.45) is 7.05 Å². The number of rotatable bonds is 7. The number of aryl methyl sites for hydroxylation is 1. The maximum absolute atomic E-state index is 12.6. The molecule has 2 heterocycles. The van der Waals surface area contributed by atoms with E-state index in [4.69, 9.17) is 0 Å². The second-order valence-electron chi connectivity index (χ2n) is 6.13. The van der Waals surface area contributed by atoms with E-state index in [0.717, 1.165) is 44.1 Å². The highest BCUT2D eigenvalue weighted by molar-refractivity contribution is 5.78. The molecule has 0 radical (unpaired) electrons. The molecule has 0 bridgehead atoms. The molecule has 1 N–H and O–H groups in total. The van der Waals surface area contributed by atoms with E-state index in [9.17, 15) is 4.79 Å². The molecule has 1 aliphatic rings. The molecule has 0 aliphatic carbocycles. The summed E-state index contributed by atoms with van der Waals surface area (Å²) in [6.45, 7) is 7.85. The summed E-state index contributed by atoms with van der Waals surface area (Å²) in [5, 5.41) is 11.6. The van der Waals surface area contributed by atoms with Gasteiger partial charge in [-0.2, -0.15) is 0 Å². The number of hydrogen-bond acceptors (Lipinski definition) is 5. The topological polar surface area (TPSA) is 66.3 Å². The molecule has 1 saturated heterocycles. The van der Waals surface area contributed by atoms with Crippen molar-refractivity contribution >= 4 is 5.91 Å². The fourth-order valence-corrected chi connectivity index (χ4v) is 2.87. The number of aromatic nitrogens is 3. The lowest BCUT2D eigenvalue weighted by Gasteiger charge is -2.30. The average molecular weight is 308 g/mol. The fourth-order valence-electron chi connectivity index (χ4n) is 2.87. The Kier molecular flexibility index (Phi) is 5.90. The second-order valence-corrected chi connectivity index (χ2v) is 6.13. The number of likely N-dealkylation sites (N-methyl/N-ethyl adjacent to an activating group) is 1. The molecule has 0 saturated carbocycles. The summed E-state index contributed by atoms with van der Waals surface area (Å²) in [4.78, 5) is 16.7. The summed E-state index contributed by atoms with van der Waals surface area (Å²) in [6, 6.07) is 0.345. The third-order valence-corrected chi connectivity index (χ3v) is 4.26. The van der Waals surface area contributed by atoms with Crippen LogP contribution in [0.25, 0.3) is 0 Å². The molecular formula is C15H28N6O. The van der Waals surface area contributed by atoms with Crippen LogP contribution in [0, 0.1) is 6.92 Å². The summed E-state index contributed by atoms with van der Waals surface area (Å²) in [7, 11) is 3.91. The lowest BCUT2D eigenvalue weighted by Crippen LogP contribution is -2.46. The van der Waals surface area contributed by atoms with Gasteiger partial charge >= 0.3 is 0 Å². The smallest absolute Gasteiger partial charge is 0.237 e. The van der Waals surface area contributed by atoms with Gasteiger partial charge in [0.25, 0.3) is 0 Å². The first-order valence-corrected chi connectivity index (χ1v) is 8.06. The summed E-state index contributed by atoms with van der Waals surface area (Å²) < 4.78 is 1.96. The van der Waals surface area contributed by atoms with Crippen molar-refractivity contribution in [2.45, 2.75) is 39.3 Å². The van der Waals surface area contributed by atoms with Crippen LogP contribution in [-0.2, 0) is 18.4 Å². The van der Waals surface area contributed by atoms with Crippen LogP contribution in [0.3, 0.4) is 0 Å². The first-order valence-electron chi connectivity index (χ1n) is 8.06. The van der Waals surface area contributed by atoms with Gasteiger partial charge in [-0.15, -0.1) is 10.2 Å². The van der Waals surface area contributed by atoms with Crippen molar-refractivity contribution in [1.82, 2.24) is 29.9 Å². The highest BCUT2D eigenvalue weighted by Crippen LogP contribution is 2.11. The Hall–Kier alpha value is -1.47. The van der Waals surface area contributed by atoms with E-state index in [-0.39, 0.29) is 5.91 Å². The van der Waals surface area contributed by atoms with Crippen LogP contribution in [-0.4, -0.2) is 69.7 Å². The lowest BCUT2D eigenvalue weighted by molar-refractivity contribution is -0.134. The van der Waals surface area contributed by atoms with E-state index in [2.05, 4.69) is 22.4 Å². The van der Waals surface area contributed by atoms with Gasteiger partial charge in [-0.05, 0) is 33.4 Å². The molecule has 0 aromatic carbocycles. The van der Waals surface area contributed by atoms with Gasteiger partial charge in [0.15, 0.2) is 0 Å². The van der Waals surface area contributed by atoms with Crippen molar-refractivity contribution in [3.63, 3.8) is 0 Å². The molecule has 1 amide bonds. The summed E-state index contributed by atoms with van der Waals surface area (Å²) in [6.07, 6.45) is 2.05. The zero-order chi connectivity index (χ0) is 16.1. The zero-order valence-electron chi connectivity index (χ0n) is 14.2. The monoisotopic (exact) mass is 308 g/mol. The normalized spacial score (nSPS) is 18.1. The van der Waals surface area contributed by atoms with Crippen molar-refractivity contribution in [3.05, 3.63) is 11.6 Å². The Morgan fingerprint density at radius 1 is 1.45 bits per heavy atom. The van der Waals surface area contributed by atoms with Crippen LogP contribution in [0.4, 0.5) is 0 Å². The molecule has 1 aromatic rings. The third kappa shape index (κ3) is 4.04. The Morgan fingerprint density at radius 2 is 2.23 bits per heavy atom. The van der Waals surface area contributed by atoms with Gasteiger partial charge in [-0.25, -0.2) is 0 Å². The maximum Gasteiger partial charge on any atom is 0.237 e. The second kappa shape index (κ2) is 7.69. The number of hydrogen-bond donors (Lipinski definition) is 1. The summed E-state index contributed by atoms with van der Waals surface area (Å²) >= 11 is 0. The summed E-state index contributed by atoms with van der Waals surface area (Å²) in [5.74, 6) is 1.98. The van der Waals surface area contributed by atoms with Crippen LogP contribution in [0.5, 0.6) is 0 Å². The SMILES string of the molecule is CCCN(C(=O)CN(C)Cc1nnc(C)n1C)C1CCNC1. The Morgan fingerprint density at radius 3 is 2.77 bits per heavy atom. The molecule has 7 heteroatoms. The Bertz CT molecular complexity index is 494. The van der Waals surface area contributed by atoms with Gasteiger partial charge in [-0.1, -0.05) is 6.92 Å². The van der Waals surface area contributed by atoms with Crippen molar-refractivity contribution in [3.8, 4) is 0 Å². The van der Waals surface area contributed by atoms with Crippen LogP contribution in [0.1, 0.15) is 31.4 Å². The lowest BCUT2D eigenvalue weighted by atomic mass is 10.2. The average Bonchev–Trinajstić information content (AvgIpc) is 3.10. The van der Waals surface area contributed by atoms with Crippen LogP contribution >= 0.6 is 0 Å². The zero-order valence-corrected chi connectivity index (χ0v) is 14.2. The van der Waals surface area contributed by atoms with E-state index in [1.807, 2.05) is 35.4 Å². The van der Waals surface area contributed by atoms with Crippen molar-refractivity contribution in [1.29, 1.82) is 0 Å². The molecule has 1 aliphatic heterocycles. The molecule has 22 heavy (non-hydrogen) atoms. The number of nitrogens with one attached hydrogen (secondary N) is 1. The van der Waals surface area contributed by atoms with Gasteiger partial charge in [-0.3, -0.25) is 9.69 Å². The number of amides is 1. The predicted molar refractivity (Wildman–Crippen MR) is 85.4 cm³/mol. The predicted octanol–water partition coefficient (Wildman–Crippen LogP) is 0.156. The van der Waals surface area contributed by atoms with Gasteiger partial charge in [0, 0.05) is 26.2 Å². The first kappa shape index (κ1) is 16.9. The molecule has 1 aromatic heterocycles. The number of carbonyl (C=O) groups is 1. The minimum Gasteiger partial charge on any atom is -0.337 e. The van der Waals surface area contributed by atoms with Crippen molar-refractivity contribution < 1.29 is 4.79 Å². The van der Waals surface area contributed by atoms with Crippen LogP contribution in [0.15, 0.2) is 0 Å². The molecule has 7 nitrogen and oxygen atoms in total. The fraction of sp³-hybridized carbons (Fsp3) is 0.800. The van der Waals surface area contributed by atoms with E-state index in [1.54, 1.807) is 0 Å². The quantitative estimate of drug-likeness (QED) is 0.777. The maximum atomic E-state index is 12.6. The van der Waals surface area contributed by atoms with Gasteiger partial charge in [0.1, 0.15) is 11.6 Å². The molecule has 1 atom stereocenters. The van der Waals surface area contributed by atoms with Crippen LogP contribution < -0.4 is 5.32 Å². The standard InChI is InChI=1S/C15H28N6O/c1-5-8-21(13-6-7-16-9-13)15(22)11-19(3)10-14-18-17-12(2)20(14)4/h13,16H,5-11H2,1-4H3. The molecule has 0 spiro atoms. The first-order chi connectivity index (χ1) is 10.5. The van der Waals surface area contributed by atoms with Gasteiger partial charge in [0.05, 0.1) is 13.1 Å².